The molecule has 0 bridgehead atoms. The van der Waals surface area contributed by atoms with Crippen LogP contribution in [0.4, 0.5) is 10.1 Å². The molecule has 0 heterocycles. The summed E-state index contributed by atoms with van der Waals surface area (Å²) >= 11 is 0. The quantitative estimate of drug-likeness (QED) is 0.434. The molecule has 1 rings (SSSR count). The van der Waals surface area contributed by atoms with Crippen molar-refractivity contribution in [2.24, 2.45) is 0 Å². The SMILES string of the molecule is Cl.[B]c1cccc(N)c1F. The zero-order valence-electron chi connectivity index (χ0n) is 5.17. The van der Waals surface area contributed by atoms with Crippen LogP contribution >= 0.6 is 12.4 Å². The van der Waals surface area contributed by atoms with Crippen molar-refractivity contribution in [3.8, 4) is 0 Å². The summed E-state index contributed by atoms with van der Waals surface area (Å²) in [6, 6.07) is 4.53. The molecule has 0 saturated heterocycles. The van der Waals surface area contributed by atoms with Crippen molar-refractivity contribution in [2.45, 2.75) is 0 Å². The maximum Gasteiger partial charge on any atom is 0.139 e. The smallest absolute Gasteiger partial charge is 0.139 e. The van der Waals surface area contributed by atoms with Crippen molar-refractivity contribution in [2.75, 3.05) is 5.73 Å². The molecule has 1 nitrogen and oxygen atoms in total. The number of hydrogen-bond acceptors (Lipinski definition) is 1. The van der Waals surface area contributed by atoms with Gasteiger partial charge in [0, 0.05) is 0 Å². The standard InChI is InChI=1S/C6H5BFN.ClH/c7-4-2-1-3-5(9)6(4)8;/h1-3H,9H2;1H. The van der Waals surface area contributed by atoms with Crippen molar-refractivity contribution in [1.82, 2.24) is 0 Å². The van der Waals surface area contributed by atoms with Gasteiger partial charge in [0.25, 0.3) is 0 Å². The summed E-state index contributed by atoms with van der Waals surface area (Å²) in [6.45, 7) is 0. The number of nitrogens with two attached hydrogens (primary N) is 1. The van der Waals surface area contributed by atoms with Crippen LogP contribution in [-0.4, -0.2) is 7.85 Å². The van der Waals surface area contributed by atoms with Crippen LogP contribution in [-0.2, 0) is 0 Å². The molecule has 10 heavy (non-hydrogen) atoms. The molecule has 0 aliphatic rings. The number of hydrogen-bond donors (Lipinski definition) is 1. The molecule has 52 valence electrons. The summed E-state index contributed by atoms with van der Waals surface area (Å²) in [5, 5.41) is 0. The molecular formula is C6H6BClFN. The molecule has 0 aliphatic heterocycles. The second kappa shape index (κ2) is 3.47. The number of benzene rings is 1. The second-order valence-electron chi connectivity index (χ2n) is 1.75. The lowest BCUT2D eigenvalue weighted by Gasteiger charge is -1.97. The van der Waals surface area contributed by atoms with E-state index in [9.17, 15) is 4.39 Å². The summed E-state index contributed by atoms with van der Waals surface area (Å²) in [6.07, 6.45) is 0. The van der Waals surface area contributed by atoms with Gasteiger partial charge >= 0.3 is 0 Å². The Kier molecular flexibility index (Phi) is 3.23. The minimum atomic E-state index is -0.530. The van der Waals surface area contributed by atoms with Crippen molar-refractivity contribution >= 4 is 31.4 Å². The van der Waals surface area contributed by atoms with Gasteiger partial charge in [-0.25, -0.2) is 4.39 Å². The zero-order valence-corrected chi connectivity index (χ0v) is 5.99. The van der Waals surface area contributed by atoms with Gasteiger partial charge in [-0.2, -0.15) is 0 Å². The van der Waals surface area contributed by atoms with Crippen molar-refractivity contribution in [3.05, 3.63) is 24.0 Å². The molecule has 0 aliphatic carbocycles. The molecule has 0 saturated carbocycles. The molecule has 0 unspecified atom stereocenters. The van der Waals surface area contributed by atoms with Gasteiger partial charge in [-0.1, -0.05) is 17.6 Å². The first-order valence-corrected chi connectivity index (χ1v) is 2.51. The molecule has 0 atom stereocenters. The van der Waals surface area contributed by atoms with Gasteiger partial charge in [0.1, 0.15) is 13.7 Å². The molecule has 2 N–H and O–H groups in total. The molecular weight excluding hydrogens is 151 g/mol. The van der Waals surface area contributed by atoms with Crippen LogP contribution in [0.3, 0.4) is 0 Å². The van der Waals surface area contributed by atoms with Crippen LogP contribution < -0.4 is 11.2 Å². The molecule has 1 aromatic rings. The highest BCUT2D eigenvalue weighted by molar-refractivity contribution is 6.32. The zero-order chi connectivity index (χ0) is 6.85. The highest BCUT2D eigenvalue weighted by Gasteiger charge is 1.97. The van der Waals surface area contributed by atoms with E-state index in [1.807, 2.05) is 0 Å². The van der Waals surface area contributed by atoms with Crippen molar-refractivity contribution in [1.29, 1.82) is 0 Å². The van der Waals surface area contributed by atoms with Crippen molar-refractivity contribution < 1.29 is 4.39 Å². The molecule has 2 radical (unpaired) electrons. The Balaban J connectivity index is 0.000000810. The minimum Gasteiger partial charge on any atom is -0.396 e. The molecule has 0 spiro atoms. The Morgan fingerprint density at radius 2 is 2.00 bits per heavy atom. The van der Waals surface area contributed by atoms with Crippen LogP contribution in [0, 0.1) is 5.82 Å². The number of anilines is 1. The molecule has 0 fully saturated rings. The average Bonchev–Trinajstić information content (AvgIpc) is 1.83. The fourth-order valence-electron chi connectivity index (χ4n) is 0.568. The van der Waals surface area contributed by atoms with Gasteiger partial charge in [0.05, 0.1) is 5.69 Å². The summed E-state index contributed by atoms with van der Waals surface area (Å²) in [7, 11) is 5.17. The van der Waals surface area contributed by atoms with E-state index in [2.05, 4.69) is 0 Å². The number of nitrogen functional groups attached to an aromatic ring is 1. The predicted molar refractivity (Wildman–Crippen MR) is 43.4 cm³/mol. The summed E-state index contributed by atoms with van der Waals surface area (Å²) in [5.41, 5.74) is 5.35. The van der Waals surface area contributed by atoms with Crippen LogP contribution in [0.2, 0.25) is 0 Å². The third kappa shape index (κ3) is 1.64. The first kappa shape index (κ1) is 9.30. The Bertz CT molecular complexity index is 209. The van der Waals surface area contributed by atoms with E-state index < -0.39 is 5.82 Å². The maximum absolute atomic E-state index is 12.5. The Hall–Kier alpha value is -0.695. The fourth-order valence-corrected chi connectivity index (χ4v) is 0.568. The van der Waals surface area contributed by atoms with Crippen LogP contribution in [0.1, 0.15) is 0 Å². The highest BCUT2D eigenvalue weighted by Crippen LogP contribution is 2.03. The van der Waals surface area contributed by atoms with Crippen LogP contribution in [0.5, 0.6) is 0 Å². The summed E-state index contributed by atoms with van der Waals surface area (Å²) in [4.78, 5) is 0. The Labute approximate surface area is 66.2 Å². The van der Waals surface area contributed by atoms with E-state index in [0.717, 1.165) is 0 Å². The van der Waals surface area contributed by atoms with Crippen molar-refractivity contribution in [3.63, 3.8) is 0 Å². The summed E-state index contributed by atoms with van der Waals surface area (Å²) in [5.74, 6) is -0.530. The van der Waals surface area contributed by atoms with Gasteiger partial charge in [-0.3, -0.25) is 0 Å². The van der Waals surface area contributed by atoms with E-state index in [0.29, 0.717) is 0 Å². The third-order valence-corrected chi connectivity index (χ3v) is 1.06. The van der Waals surface area contributed by atoms with Gasteiger partial charge < -0.3 is 5.73 Å². The fraction of sp³-hybridized carbons (Fsp3) is 0. The van der Waals surface area contributed by atoms with Gasteiger partial charge in [-0.05, 0) is 6.07 Å². The van der Waals surface area contributed by atoms with Crippen LogP contribution in [0.25, 0.3) is 0 Å². The van der Waals surface area contributed by atoms with E-state index in [1.165, 1.54) is 12.1 Å². The van der Waals surface area contributed by atoms with Gasteiger partial charge in [-0.15, -0.1) is 12.4 Å². The molecule has 1 aromatic carbocycles. The third-order valence-electron chi connectivity index (χ3n) is 1.06. The van der Waals surface area contributed by atoms with Gasteiger partial charge in [0.15, 0.2) is 0 Å². The van der Waals surface area contributed by atoms with E-state index in [1.54, 1.807) is 6.07 Å². The first-order valence-electron chi connectivity index (χ1n) is 2.51. The lowest BCUT2D eigenvalue weighted by molar-refractivity contribution is 0.640. The highest BCUT2D eigenvalue weighted by atomic mass is 35.5. The predicted octanol–water partition coefficient (Wildman–Crippen LogP) is 0.623. The number of halogens is 2. The topological polar surface area (TPSA) is 26.0 Å². The summed E-state index contributed by atoms with van der Waals surface area (Å²) < 4.78 is 12.5. The normalized spacial score (nSPS) is 8.50. The second-order valence-corrected chi connectivity index (χ2v) is 1.75. The van der Waals surface area contributed by atoms with Crippen LogP contribution in [0.15, 0.2) is 18.2 Å². The lowest BCUT2D eigenvalue weighted by atomic mass is 9.95. The minimum absolute atomic E-state index is 0. The van der Waals surface area contributed by atoms with E-state index in [-0.39, 0.29) is 23.6 Å². The lowest BCUT2D eigenvalue weighted by Crippen LogP contribution is -2.09. The largest absolute Gasteiger partial charge is 0.396 e. The molecule has 0 amide bonds. The first-order chi connectivity index (χ1) is 4.22. The average molecular weight is 157 g/mol. The number of rotatable bonds is 0. The Morgan fingerprint density at radius 3 is 2.40 bits per heavy atom. The monoisotopic (exact) mass is 157 g/mol. The molecule has 0 aromatic heterocycles. The molecule has 4 heteroatoms. The van der Waals surface area contributed by atoms with E-state index in [4.69, 9.17) is 13.6 Å². The van der Waals surface area contributed by atoms with Gasteiger partial charge in [0.2, 0.25) is 0 Å². The maximum atomic E-state index is 12.5. The van der Waals surface area contributed by atoms with E-state index >= 15 is 0 Å². The Morgan fingerprint density at radius 1 is 1.40 bits per heavy atom.